The summed E-state index contributed by atoms with van der Waals surface area (Å²) in [4.78, 5) is 0. The van der Waals surface area contributed by atoms with Gasteiger partial charge in [0.1, 0.15) is 11.5 Å². The van der Waals surface area contributed by atoms with Crippen molar-refractivity contribution >= 4 is 0 Å². The summed E-state index contributed by atoms with van der Waals surface area (Å²) in [5.74, 6) is 0.498. The van der Waals surface area contributed by atoms with Gasteiger partial charge in [0.2, 0.25) is 0 Å². The van der Waals surface area contributed by atoms with E-state index in [9.17, 15) is 10.2 Å². The Morgan fingerprint density at radius 1 is 0.485 bits per heavy atom. The molecule has 2 N–H and O–H groups in total. The average molecular weight is 431 g/mol. The first-order valence-electron chi connectivity index (χ1n) is 10.6. The molecule has 5 aromatic rings. The van der Waals surface area contributed by atoms with Crippen molar-refractivity contribution in [3.05, 3.63) is 138 Å². The molecule has 160 valence electrons. The topological polar surface area (TPSA) is 79.1 Å². The van der Waals surface area contributed by atoms with Gasteiger partial charge in [-0.1, -0.05) is 72.8 Å². The predicted molar refractivity (Wildman–Crippen MR) is 127 cm³/mol. The zero-order valence-electron chi connectivity index (χ0n) is 17.7. The van der Waals surface area contributed by atoms with Crippen molar-refractivity contribution in [2.45, 2.75) is 5.41 Å². The minimum Gasteiger partial charge on any atom is -0.508 e. The number of nitrogens with zero attached hydrogens (tertiary/aromatic N) is 3. The minimum atomic E-state index is -0.491. The van der Waals surface area contributed by atoms with Crippen molar-refractivity contribution < 1.29 is 10.2 Å². The van der Waals surface area contributed by atoms with Crippen LogP contribution in [0, 0.1) is 0 Å². The van der Waals surface area contributed by atoms with Crippen LogP contribution in [0.4, 0.5) is 0 Å². The summed E-state index contributed by atoms with van der Waals surface area (Å²) in [6, 6.07) is 33.6. The lowest BCUT2D eigenvalue weighted by Crippen LogP contribution is -2.28. The summed E-state index contributed by atoms with van der Waals surface area (Å²) in [7, 11) is 0. The van der Waals surface area contributed by atoms with Gasteiger partial charge in [-0.15, -0.1) is 10.2 Å². The smallest absolute Gasteiger partial charge is 0.115 e. The highest BCUT2D eigenvalue weighted by Crippen LogP contribution is 2.56. The Labute approximate surface area is 191 Å². The summed E-state index contributed by atoms with van der Waals surface area (Å²) in [5.41, 5.74) is 6.54. The SMILES string of the molecule is Oc1ccc(C2(c3ccc(O)cc3)c3ccccc3-c3ccccc32)cc1.c1cnnnc1. The quantitative estimate of drug-likeness (QED) is 0.387. The number of fused-ring (bicyclic) bond motifs is 3. The summed E-state index contributed by atoms with van der Waals surface area (Å²) < 4.78 is 0. The number of aromatic nitrogens is 3. The molecule has 0 bridgehead atoms. The lowest BCUT2D eigenvalue weighted by Gasteiger charge is -2.33. The maximum absolute atomic E-state index is 9.85. The molecule has 6 rings (SSSR count). The molecule has 1 aromatic heterocycles. The Balaban J connectivity index is 0.000000332. The van der Waals surface area contributed by atoms with Crippen molar-refractivity contribution in [2.24, 2.45) is 0 Å². The Morgan fingerprint density at radius 2 is 0.909 bits per heavy atom. The standard InChI is InChI=1S/C25H18O2.C3H3N3/c26-19-13-9-17(10-14-19)25(18-11-15-20(27)16-12-18)23-7-3-1-5-21(23)22-6-2-4-8-24(22)25;1-2-4-6-5-3-1/h1-16,26-27H;1-3H. The molecule has 5 nitrogen and oxygen atoms in total. The van der Waals surface area contributed by atoms with E-state index in [2.05, 4.69) is 63.9 Å². The predicted octanol–water partition coefficient (Wildman–Crippen LogP) is 5.33. The molecule has 33 heavy (non-hydrogen) atoms. The molecule has 0 unspecified atom stereocenters. The number of phenolic OH excluding ortho intramolecular Hbond substituents is 2. The van der Waals surface area contributed by atoms with Gasteiger partial charge in [0.15, 0.2) is 0 Å². The highest BCUT2D eigenvalue weighted by Gasteiger charge is 2.45. The first-order chi connectivity index (χ1) is 16.2. The monoisotopic (exact) mass is 431 g/mol. The van der Waals surface area contributed by atoms with Gasteiger partial charge in [0.25, 0.3) is 0 Å². The van der Waals surface area contributed by atoms with Gasteiger partial charge in [-0.05, 0) is 68.9 Å². The second-order valence-corrected chi connectivity index (χ2v) is 7.75. The highest BCUT2D eigenvalue weighted by atomic mass is 16.3. The third-order valence-electron chi connectivity index (χ3n) is 5.96. The van der Waals surface area contributed by atoms with E-state index < -0.39 is 5.41 Å². The first-order valence-corrected chi connectivity index (χ1v) is 10.6. The number of hydrogen-bond donors (Lipinski definition) is 2. The van der Waals surface area contributed by atoms with Crippen LogP contribution in [0.5, 0.6) is 11.5 Å². The number of benzene rings is 4. The second-order valence-electron chi connectivity index (χ2n) is 7.75. The molecular weight excluding hydrogens is 410 g/mol. The lowest BCUT2D eigenvalue weighted by atomic mass is 9.68. The van der Waals surface area contributed by atoms with Crippen LogP contribution in [0.2, 0.25) is 0 Å². The molecule has 0 fully saturated rings. The van der Waals surface area contributed by atoms with Gasteiger partial charge in [0, 0.05) is 0 Å². The molecule has 1 aliphatic carbocycles. The molecule has 0 radical (unpaired) electrons. The number of aromatic hydroxyl groups is 2. The number of phenols is 2. The summed E-state index contributed by atoms with van der Waals surface area (Å²) in [6.07, 6.45) is 3.15. The fourth-order valence-corrected chi connectivity index (χ4v) is 4.65. The van der Waals surface area contributed by atoms with Crippen molar-refractivity contribution in [1.29, 1.82) is 0 Å². The van der Waals surface area contributed by atoms with E-state index in [1.54, 1.807) is 42.7 Å². The molecule has 0 saturated heterocycles. The largest absolute Gasteiger partial charge is 0.508 e. The van der Waals surface area contributed by atoms with Crippen molar-refractivity contribution in [1.82, 2.24) is 15.4 Å². The molecule has 0 spiro atoms. The van der Waals surface area contributed by atoms with E-state index in [0.29, 0.717) is 0 Å². The first kappa shape index (κ1) is 20.4. The normalized spacial score (nSPS) is 12.7. The lowest BCUT2D eigenvalue weighted by molar-refractivity contribution is 0.475. The molecule has 1 aliphatic rings. The average Bonchev–Trinajstić information content (AvgIpc) is 3.18. The van der Waals surface area contributed by atoms with Gasteiger partial charge < -0.3 is 10.2 Å². The zero-order chi connectivity index (χ0) is 22.7. The third kappa shape index (κ3) is 3.49. The van der Waals surface area contributed by atoms with E-state index >= 15 is 0 Å². The number of hydrogen-bond acceptors (Lipinski definition) is 5. The van der Waals surface area contributed by atoms with Crippen LogP contribution in [0.15, 0.2) is 116 Å². The van der Waals surface area contributed by atoms with Crippen LogP contribution < -0.4 is 0 Å². The van der Waals surface area contributed by atoms with E-state index in [0.717, 1.165) is 11.1 Å². The van der Waals surface area contributed by atoms with Crippen molar-refractivity contribution in [2.75, 3.05) is 0 Å². The van der Waals surface area contributed by atoms with Gasteiger partial charge in [0.05, 0.1) is 17.8 Å². The van der Waals surface area contributed by atoms with E-state index in [1.807, 2.05) is 24.3 Å². The Morgan fingerprint density at radius 3 is 1.27 bits per heavy atom. The molecule has 1 heterocycles. The highest BCUT2D eigenvalue weighted by molar-refractivity contribution is 5.86. The number of rotatable bonds is 2. The maximum Gasteiger partial charge on any atom is 0.115 e. The van der Waals surface area contributed by atoms with E-state index in [-0.39, 0.29) is 11.5 Å². The maximum atomic E-state index is 9.85. The van der Waals surface area contributed by atoms with Crippen LogP contribution in [-0.4, -0.2) is 25.6 Å². The molecule has 0 saturated carbocycles. The molecule has 0 amide bonds. The molecular formula is C28H21N3O2. The minimum absolute atomic E-state index is 0.249. The van der Waals surface area contributed by atoms with Gasteiger partial charge in [-0.3, -0.25) is 0 Å². The Bertz CT molecular complexity index is 1250. The van der Waals surface area contributed by atoms with E-state index in [1.165, 1.54) is 22.3 Å². The third-order valence-corrected chi connectivity index (χ3v) is 5.96. The Hall–Kier alpha value is -4.51. The fraction of sp³-hybridized carbons (Fsp3) is 0.0357. The molecule has 5 heteroatoms. The van der Waals surface area contributed by atoms with Crippen LogP contribution in [-0.2, 0) is 5.41 Å². The van der Waals surface area contributed by atoms with Gasteiger partial charge in [-0.25, -0.2) is 0 Å². The summed E-state index contributed by atoms with van der Waals surface area (Å²) in [5, 5.41) is 29.8. The van der Waals surface area contributed by atoms with Gasteiger partial charge >= 0.3 is 0 Å². The van der Waals surface area contributed by atoms with Crippen LogP contribution in [0.3, 0.4) is 0 Å². The fourth-order valence-electron chi connectivity index (χ4n) is 4.65. The second kappa shape index (κ2) is 8.55. The van der Waals surface area contributed by atoms with Crippen LogP contribution in [0.25, 0.3) is 11.1 Å². The summed E-state index contributed by atoms with van der Waals surface area (Å²) in [6.45, 7) is 0. The molecule has 0 aliphatic heterocycles. The van der Waals surface area contributed by atoms with Crippen molar-refractivity contribution in [3.8, 4) is 22.6 Å². The Kier molecular flexibility index (Phi) is 5.29. The van der Waals surface area contributed by atoms with Crippen LogP contribution >= 0.6 is 0 Å². The van der Waals surface area contributed by atoms with Crippen molar-refractivity contribution in [3.63, 3.8) is 0 Å². The van der Waals surface area contributed by atoms with E-state index in [4.69, 9.17) is 0 Å². The zero-order valence-corrected chi connectivity index (χ0v) is 17.7. The van der Waals surface area contributed by atoms with Gasteiger partial charge in [-0.2, -0.15) is 0 Å². The summed E-state index contributed by atoms with van der Waals surface area (Å²) >= 11 is 0. The molecule has 4 aromatic carbocycles. The van der Waals surface area contributed by atoms with Crippen LogP contribution in [0.1, 0.15) is 22.3 Å². The molecule has 0 atom stereocenters.